The van der Waals surface area contributed by atoms with Gasteiger partial charge in [-0.05, 0) is 50.1 Å². The lowest BCUT2D eigenvalue weighted by atomic mass is 9.99. The molecule has 4 heteroatoms. The standard InChI is InChI=1S/C15H23F2NO/c1-4-15(19-6-3)14(18-5-2)10-11-9-12(16)7-8-13(11)17/h7-9,14-15,18H,4-6,10H2,1-3H3. The summed E-state index contributed by atoms with van der Waals surface area (Å²) in [7, 11) is 0. The summed E-state index contributed by atoms with van der Waals surface area (Å²) in [6.07, 6.45) is 1.27. The molecular weight excluding hydrogens is 248 g/mol. The summed E-state index contributed by atoms with van der Waals surface area (Å²) < 4.78 is 32.6. The van der Waals surface area contributed by atoms with E-state index in [1.165, 1.54) is 12.1 Å². The van der Waals surface area contributed by atoms with Crippen LogP contribution in [0.3, 0.4) is 0 Å². The van der Waals surface area contributed by atoms with Crippen LogP contribution in [0.5, 0.6) is 0 Å². The monoisotopic (exact) mass is 271 g/mol. The first-order valence-corrected chi connectivity index (χ1v) is 6.91. The quantitative estimate of drug-likeness (QED) is 0.783. The second-order valence-electron chi connectivity index (χ2n) is 4.51. The molecule has 0 aliphatic rings. The first-order valence-electron chi connectivity index (χ1n) is 6.91. The molecule has 0 aliphatic heterocycles. The maximum atomic E-state index is 13.7. The number of hydrogen-bond acceptors (Lipinski definition) is 2. The van der Waals surface area contributed by atoms with Crippen LogP contribution in [0.1, 0.15) is 32.8 Å². The molecule has 2 nitrogen and oxygen atoms in total. The molecule has 1 rings (SSSR count). The van der Waals surface area contributed by atoms with Crippen LogP contribution in [0.2, 0.25) is 0 Å². The van der Waals surface area contributed by atoms with Gasteiger partial charge in [0.25, 0.3) is 0 Å². The van der Waals surface area contributed by atoms with Crippen molar-refractivity contribution in [3.8, 4) is 0 Å². The molecule has 0 spiro atoms. The fraction of sp³-hybridized carbons (Fsp3) is 0.600. The molecule has 2 atom stereocenters. The average Bonchev–Trinajstić information content (AvgIpc) is 2.39. The Morgan fingerprint density at radius 2 is 1.95 bits per heavy atom. The van der Waals surface area contributed by atoms with Gasteiger partial charge in [-0.3, -0.25) is 0 Å². The topological polar surface area (TPSA) is 21.3 Å². The largest absolute Gasteiger partial charge is 0.377 e. The van der Waals surface area contributed by atoms with E-state index in [2.05, 4.69) is 5.32 Å². The highest BCUT2D eigenvalue weighted by molar-refractivity contribution is 5.20. The summed E-state index contributed by atoms with van der Waals surface area (Å²) in [5.41, 5.74) is 0.393. The highest BCUT2D eigenvalue weighted by Gasteiger charge is 2.21. The normalized spacial score (nSPS) is 14.4. The van der Waals surface area contributed by atoms with Gasteiger partial charge in [-0.25, -0.2) is 8.78 Å². The Balaban J connectivity index is 2.84. The van der Waals surface area contributed by atoms with Gasteiger partial charge in [-0.1, -0.05) is 13.8 Å². The molecule has 0 amide bonds. The van der Waals surface area contributed by atoms with Crippen molar-refractivity contribution in [1.29, 1.82) is 0 Å². The number of benzene rings is 1. The number of hydrogen-bond donors (Lipinski definition) is 1. The molecular formula is C15H23F2NO. The number of likely N-dealkylation sites (N-methyl/N-ethyl adjacent to an activating group) is 1. The summed E-state index contributed by atoms with van der Waals surface area (Å²) in [5, 5.41) is 3.30. The molecule has 0 bridgehead atoms. The van der Waals surface area contributed by atoms with Gasteiger partial charge < -0.3 is 10.1 Å². The molecule has 19 heavy (non-hydrogen) atoms. The summed E-state index contributed by atoms with van der Waals surface area (Å²) >= 11 is 0. The number of halogens is 2. The predicted molar refractivity (Wildman–Crippen MR) is 73.2 cm³/mol. The maximum absolute atomic E-state index is 13.7. The maximum Gasteiger partial charge on any atom is 0.126 e. The summed E-state index contributed by atoms with van der Waals surface area (Å²) in [6, 6.07) is 3.57. The predicted octanol–water partition coefficient (Wildman–Crippen LogP) is 3.30. The Morgan fingerprint density at radius 3 is 2.53 bits per heavy atom. The van der Waals surface area contributed by atoms with Crippen LogP contribution in [-0.4, -0.2) is 25.3 Å². The number of rotatable bonds is 8. The summed E-state index contributed by atoms with van der Waals surface area (Å²) in [6.45, 7) is 7.35. The SMILES string of the molecule is CCNC(Cc1cc(F)ccc1F)C(CC)OCC. The van der Waals surface area contributed by atoms with Crippen molar-refractivity contribution in [1.82, 2.24) is 5.32 Å². The van der Waals surface area contributed by atoms with Gasteiger partial charge in [0, 0.05) is 12.6 Å². The van der Waals surface area contributed by atoms with Crippen molar-refractivity contribution in [2.75, 3.05) is 13.2 Å². The van der Waals surface area contributed by atoms with Crippen LogP contribution in [0.4, 0.5) is 8.78 Å². The van der Waals surface area contributed by atoms with Crippen molar-refractivity contribution in [3.05, 3.63) is 35.4 Å². The lowest BCUT2D eigenvalue weighted by Crippen LogP contribution is -2.43. The Kier molecular flexibility index (Phi) is 6.95. The minimum absolute atomic E-state index is 0.00705. The Bertz CT molecular complexity index is 384. The van der Waals surface area contributed by atoms with E-state index >= 15 is 0 Å². The molecule has 1 aromatic carbocycles. The minimum atomic E-state index is -0.406. The second kappa shape index (κ2) is 8.23. The Hall–Kier alpha value is -1.00. The molecule has 0 saturated heterocycles. The zero-order chi connectivity index (χ0) is 14.3. The Labute approximate surface area is 114 Å². The first kappa shape index (κ1) is 16.1. The van der Waals surface area contributed by atoms with Crippen LogP contribution in [-0.2, 0) is 11.2 Å². The first-order chi connectivity index (χ1) is 9.12. The van der Waals surface area contributed by atoms with E-state index in [0.29, 0.717) is 18.6 Å². The zero-order valence-corrected chi connectivity index (χ0v) is 11.9. The molecule has 108 valence electrons. The van der Waals surface area contributed by atoms with Gasteiger partial charge in [-0.15, -0.1) is 0 Å². The van der Waals surface area contributed by atoms with E-state index in [0.717, 1.165) is 19.0 Å². The van der Waals surface area contributed by atoms with E-state index in [1.807, 2.05) is 20.8 Å². The Morgan fingerprint density at radius 1 is 1.21 bits per heavy atom. The molecule has 0 saturated carbocycles. The fourth-order valence-electron chi connectivity index (χ4n) is 2.27. The summed E-state index contributed by atoms with van der Waals surface area (Å²) in [5.74, 6) is -0.772. The lowest BCUT2D eigenvalue weighted by molar-refractivity contribution is 0.0321. The van der Waals surface area contributed by atoms with E-state index in [4.69, 9.17) is 4.74 Å². The highest BCUT2D eigenvalue weighted by Crippen LogP contribution is 2.16. The third-order valence-electron chi connectivity index (χ3n) is 3.15. The van der Waals surface area contributed by atoms with Gasteiger partial charge in [0.1, 0.15) is 11.6 Å². The van der Waals surface area contributed by atoms with Gasteiger partial charge in [0.15, 0.2) is 0 Å². The van der Waals surface area contributed by atoms with Crippen molar-refractivity contribution < 1.29 is 13.5 Å². The highest BCUT2D eigenvalue weighted by atomic mass is 19.1. The van der Waals surface area contributed by atoms with Crippen molar-refractivity contribution >= 4 is 0 Å². The van der Waals surface area contributed by atoms with E-state index in [1.54, 1.807) is 0 Å². The molecule has 0 aliphatic carbocycles. The number of nitrogens with one attached hydrogen (secondary N) is 1. The molecule has 1 aromatic rings. The number of ether oxygens (including phenoxy) is 1. The molecule has 0 fully saturated rings. The molecule has 0 aromatic heterocycles. The van der Waals surface area contributed by atoms with E-state index in [9.17, 15) is 8.78 Å². The van der Waals surface area contributed by atoms with E-state index < -0.39 is 5.82 Å². The van der Waals surface area contributed by atoms with Crippen LogP contribution in [0.25, 0.3) is 0 Å². The minimum Gasteiger partial charge on any atom is -0.377 e. The molecule has 2 unspecified atom stereocenters. The lowest BCUT2D eigenvalue weighted by Gasteiger charge is -2.27. The smallest absolute Gasteiger partial charge is 0.126 e. The van der Waals surface area contributed by atoms with Crippen LogP contribution in [0.15, 0.2) is 18.2 Å². The molecule has 1 N–H and O–H groups in total. The zero-order valence-electron chi connectivity index (χ0n) is 11.9. The average molecular weight is 271 g/mol. The van der Waals surface area contributed by atoms with E-state index in [-0.39, 0.29) is 18.0 Å². The van der Waals surface area contributed by atoms with Gasteiger partial charge in [0.2, 0.25) is 0 Å². The summed E-state index contributed by atoms with van der Waals surface area (Å²) in [4.78, 5) is 0. The van der Waals surface area contributed by atoms with Crippen LogP contribution in [0, 0.1) is 11.6 Å². The second-order valence-corrected chi connectivity index (χ2v) is 4.51. The van der Waals surface area contributed by atoms with Crippen molar-refractivity contribution in [2.45, 2.75) is 45.8 Å². The molecule has 0 heterocycles. The van der Waals surface area contributed by atoms with Gasteiger partial charge in [-0.2, -0.15) is 0 Å². The van der Waals surface area contributed by atoms with Crippen molar-refractivity contribution in [2.24, 2.45) is 0 Å². The molecule has 0 radical (unpaired) electrons. The van der Waals surface area contributed by atoms with Crippen molar-refractivity contribution in [3.63, 3.8) is 0 Å². The van der Waals surface area contributed by atoms with Crippen LogP contribution >= 0.6 is 0 Å². The van der Waals surface area contributed by atoms with Gasteiger partial charge >= 0.3 is 0 Å². The third-order valence-corrected chi connectivity index (χ3v) is 3.15. The third kappa shape index (κ3) is 4.88. The fourth-order valence-corrected chi connectivity index (χ4v) is 2.27. The van der Waals surface area contributed by atoms with Gasteiger partial charge in [0.05, 0.1) is 6.10 Å². The van der Waals surface area contributed by atoms with Crippen LogP contribution < -0.4 is 5.32 Å².